The molecule has 4 rings (SSSR count). The molecule has 0 unspecified atom stereocenters. The molecule has 2 aromatic rings. The van der Waals surface area contributed by atoms with E-state index in [1.54, 1.807) is 23.3 Å². The number of likely N-dealkylation sites (tertiary alicyclic amines) is 1. The molecule has 2 amide bonds. The molecule has 0 bridgehead atoms. The number of halogens is 2. The van der Waals surface area contributed by atoms with E-state index < -0.39 is 42.7 Å². The van der Waals surface area contributed by atoms with Gasteiger partial charge in [-0.1, -0.05) is 0 Å². The number of pyridine rings is 1. The first-order valence-electron chi connectivity index (χ1n) is 9.93. The van der Waals surface area contributed by atoms with E-state index in [0.717, 1.165) is 21.8 Å². The van der Waals surface area contributed by atoms with Gasteiger partial charge >= 0.3 is 0 Å². The molecule has 0 radical (unpaired) electrons. The molecule has 0 aliphatic carbocycles. The van der Waals surface area contributed by atoms with Gasteiger partial charge in [0.1, 0.15) is 6.04 Å². The monoisotopic (exact) mass is 418 g/mol. The molecule has 2 N–H and O–H groups in total. The summed E-state index contributed by atoms with van der Waals surface area (Å²) < 4.78 is 29.4. The third kappa shape index (κ3) is 3.86. The number of anilines is 1. The molecular weight excluding hydrogens is 394 g/mol. The van der Waals surface area contributed by atoms with Crippen molar-refractivity contribution in [3.63, 3.8) is 0 Å². The molecule has 10 heteroatoms. The maximum Gasteiger partial charge on any atom is 0.267 e. The van der Waals surface area contributed by atoms with E-state index in [4.69, 9.17) is 5.73 Å². The van der Waals surface area contributed by atoms with Gasteiger partial charge in [-0.05, 0) is 31.4 Å². The first kappa shape index (κ1) is 20.2. The number of nitrogens with zero attached hydrogens (tertiary/aromatic N) is 5. The number of primary amides is 1. The second kappa shape index (κ2) is 7.66. The molecule has 0 saturated carbocycles. The summed E-state index contributed by atoms with van der Waals surface area (Å²) in [4.78, 5) is 31.8. The molecule has 0 spiro atoms. The Labute approximate surface area is 172 Å². The predicted octanol–water partition coefficient (Wildman–Crippen LogP) is 1.51. The fourth-order valence-electron chi connectivity index (χ4n) is 4.27. The molecule has 2 aliphatic heterocycles. The molecule has 0 aromatic carbocycles. The zero-order valence-corrected chi connectivity index (χ0v) is 16.7. The second-order valence-electron chi connectivity index (χ2n) is 8.03. The number of hydrogen-bond acceptors (Lipinski definition) is 5. The molecule has 8 nitrogen and oxygen atoms in total. The topological polar surface area (TPSA) is 97.3 Å². The Morgan fingerprint density at radius 1 is 1.20 bits per heavy atom. The summed E-state index contributed by atoms with van der Waals surface area (Å²) >= 11 is 0. The zero-order chi connectivity index (χ0) is 21.5. The summed E-state index contributed by atoms with van der Waals surface area (Å²) in [6, 6.07) is 0.640. The maximum absolute atomic E-state index is 13.8. The third-order valence-corrected chi connectivity index (χ3v) is 5.80. The molecule has 160 valence electrons. The number of carbonyl (C=O) groups is 2. The zero-order valence-electron chi connectivity index (χ0n) is 16.7. The van der Waals surface area contributed by atoms with Crippen molar-refractivity contribution in [3.05, 3.63) is 36.4 Å². The highest BCUT2D eigenvalue weighted by Gasteiger charge is 2.50. The number of amides is 2. The lowest BCUT2D eigenvalue weighted by atomic mass is 9.94. The Hall–Kier alpha value is -3.04. The number of aromatic nitrogens is 3. The maximum atomic E-state index is 13.8. The van der Waals surface area contributed by atoms with Crippen LogP contribution in [0.1, 0.15) is 24.8 Å². The quantitative estimate of drug-likeness (QED) is 0.812. The molecular formula is C20H24F2N6O2. The lowest BCUT2D eigenvalue weighted by Crippen LogP contribution is -2.48. The van der Waals surface area contributed by atoms with E-state index in [9.17, 15) is 18.4 Å². The van der Waals surface area contributed by atoms with Crippen LogP contribution in [0.15, 0.2) is 30.9 Å². The van der Waals surface area contributed by atoms with Gasteiger partial charge in [0.2, 0.25) is 11.8 Å². The average Bonchev–Trinajstić information content (AvgIpc) is 3.30. The standard InChI is InChI=1S/C20H24F2N6O2/c1-13-9-25-28(11-13)15-2-5-24-10-17(15)26-6-3-14(4-7-26)19(30)27-12-20(21,22)8-16(27)18(23)29/h2,5,9-11,14,16H,3-4,6-8,12H2,1H3,(H2,23,29)/t16-/m0/s1. The molecule has 2 fully saturated rings. The van der Waals surface area contributed by atoms with Gasteiger partial charge in [-0.15, -0.1) is 0 Å². The van der Waals surface area contributed by atoms with E-state index in [1.165, 1.54) is 0 Å². The fraction of sp³-hybridized carbons (Fsp3) is 0.500. The number of carbonyl (C=O) groups excluding carboxylic acids is 2. The summed E-state index contributed by atoms with van der Waals surface area (Å²) in [6.07, 6.45) is 7.46. The first-order chi connectivity index (χ1) is 14.2. The highest BCUT2D eigenvalue weighted by Crippen LogP contribution is 2.35. The van der Waals surface area contributed by atoms with Gasteiger partial charge in [0.25, 0.3) is 5.92 Å². The van der Waals surface area contributed by atoms with Crippen LogP contribution in [0.3, 0.4) is 0 Å². The van der Waals surface area contributed by atoms with Gasteiger partial charge in [0, 0.05) is 37.8 Å². The minimum Gasteiger partial charge on any atom is -0.368 e. The molecule has 30 heavy (non-hydrogen) atoms. The normalized spacial score (nSPS) is 21.8. The van der Waals surface area contributed by atoms with Crippen molar-refractivity contribution in [3.8, 4) is 5.69 Å². The Kier molecular flexibility index (Phi) is 5.17. The van der Waals surface area contributed by atoms with Crippen LogP contribution >= 0.6 is 0 Å². The van der Waals surface area contributed by atoms with Crippen molar-refractivity contribution in [1.29, 1.82) is 0 Å². The van der Waals surface area contributed by atoms with Crippen molar-refractivity contribution in [2.24, 2.45) is 11.7 Å². The van der Waals surface area contributed by atoms with Crippen LogP contribution in [0, 0.1) is 12.8 Å². The van der Waals surface area contributed by atoms with Crippen LogP contribution in [-0.2, 0) is 9.59 Å². The van der Waals surface area contributed by atoms with Crippen LogP contribution in [-0.4, -0.2) is 63.1 Å². The van der Waals surface area contributed by atoms with Gasteiger partial charge in [-0.2, -0.15) is 5.10 Å². The number of piperidine rings is 1. The number of aryl methyl sites for hydroxylation is 1. The second-order valence-corrected chi connectivity index (χ2v) is 8.03. The lowest BCUT2D eigenvalue weighted by Gasteiger charge is -2.35. The van der Waals surface area contributed by atoms with Gasteiger partial charge < -0.3 is 15.5 Å². The smallest absolute Gasteiger partial charge is 0.267 e. The molecule has 4 heterocycles. The van der Waals surface area contributed by atoms with E-state index >= 15 is 0 Å². The van der Waals surface area contributed by atoms with Crippen molar-refractivity contribution < 1.29 is 18.4 Å². The highest BCUT2D eigenvalue weighted by molar-refractivity contribution is 5.88. The van der Waals surface area contributed by atoms with Gasteiger partial charge in [0.15, 0.2) is 0 Å². The van der Waals surface area contributed by atoms with E-state index in [-0.39, 0.29) is 0 Å². The number of nitrogens with two attached hydrogens (primary N) is 1. The van der Waals surface area contributed by atoms with Crippen LogP contribution in [0.25, 0.3) is 5.69 Å². The van der Waals surface area contributed by atoms with E-state index in [1.807, 2.05) is 19.2 Å². The van der Waals surface area contributed by atoms with Crippen molar-refractivity contribution in [1.82, 2.24) is 19.7 Å². The summed E-state index contributed by atoms with van der Waals surface area (Å²) in [6.45, 7) is 2.36. The van der Waals surface area contributed by atoms with Crippen LogP contribution < -0.4 is 10.6 Å². The fourth-order valence-corrected chi connectivity index (χ4v) is 4.27. The first-order valence-corrected chi connectivity index (χ1v) is 9.93. The summed E-state index contributed by atoms with van der Waals surface area (Å²) in [5, 5.41) is 4.36. The van der Waals surface area contributed by atoms with Crippen molar-refractivity contribution in [2.45, 2.75) is 38.2 Å². The molecule has 2 saturated heterocycles. The van der Waals surface area contributed by atoms with Gasteiger partial charge in [-0.25, -0.2) is 13.5 Å². The van der Waals surface area contributed by atoms with Crippen LogP contribution in [0.4, 0.5) is 14.5 Å². The average molecular weight is 418 g/mol. The Bertz CT molecular complexity index is 954. The minimum atomic E-state index is -3.08. The minimum absolute atomic E-state index is 0.412. The lowest BCUT2D eigenvalue weighted by molar-refractivity contribution is -0.141. The number of hydrogen-bond donors (Lipinski definition) is 1. The Morgan fingerprint density at radius 2 is 1.93 bits per heavy atom. The van der Waals surface area contributed by atoms with Crippen molar-refractivity contribution in [2.75, 3.05) is 24.5 Å². The van der Waals surface area contributed by atoms with Gasteiger partial charge in [-0.3, -0.25) is 14.6 Å². The summed E-state index contributed by atoms with van der Waals surface area (Å²) in [5.41, 5.74) is 8.08. The summed E-state index contributed by atoms with van der Waals surface area (Å²) in [7, 11) is 0. The number of alkyl halides is 2. The molecule has 2 aromatic heterocycles. The van der Waals surface area contributed by atoms with Crippen LogP contribution in [0.5, 0.6) is 0 Å². The molecule has 2 aliphatic rings. The summed E-state index contributed by atoms with van der Waals surface area (Å²) in [5.74, 6) is -4.79. The van der Waals surface area contributed by atoms with Crippen LogP contribution in [0.2, 0.25) is 0 Å². The third-order valence-electron chi connectivity index (χ3n) is 5.80. The SMILES string of the molecule is Cc1cnn(-c2ccncc2N2CCC(C(=O)N3CC(F)(F)C[C@H]3C(N)=O)CC2)c1. The van der Waals surface area contributed by atoms with Crippen molar-refractivity contribution >= 4 is 17.5 Å². The Morgan fingerprint density at radius 3 is 2.57 bits per heavy atom. The largest absolute Gasteiger partial charge is 0.368 e. The number of rotatable bonds is 4. The Balaban J connectivity index is 1.46. The highest BCUT2D eigenvalue weighted by atomic mass is 19.3. The predicted molar refractivity (Wildman–Crippen MR) is 105 cm³/mol. The van der Waals surface area contributed by atoms with Gasteiger partial charge in [0.05, 0.1) is 30.3 Å². The van der Waals surface area contributed by atoms with E-state index in [0.29, 0.717) is 25.9 Å². The molecule has 1 atom stereocenters. The van der Waals surface area contributed by atoms with E-state index in [2.05, 4.69) is 15.0 Å².